The number of carboxylic acids is 1. The van der Waals surface area contributed by atoms with E-state index >= 15 is 0 Å². The molecule has 0 spiro atoms. The fraction of sp³-hybridized carbons (Fsp3) is 0.562. The third-order valence-electron chi connectivity index (χ3n) is 4.01. The largest absolute Gasteiger partial charge is 0.481 e. The van der Waals surface area contributed by atoms with E-state index in [4.69, 9.17) is 5.11 Å². The van der Waals surface area contributed by atoms with Crippen molar-refractivity contribution in [2.75, 3.05) is 6.26 Å². The number of hydrogen-bond acceptors (Lipinski definition) is 3. The maximum atomic E-state index is 10.9. The van der Waals surface area contributed by atoms with Crippen molar-refractivity contribution in [3.8, 4) is 0 Å². The van der Waals surface area contributed by atoms with Gasteiger partial charge >= 0.3 is 5.97 Å². The predicted octanol–water partition coefficient (Wildman–Crippen LogP) is 3.28. The van der Waals surface area contributed by atoms with Crippen LogP contribution in [0.4, 0.5) is 0 Å². The predicted molar refractivity (Wildman–Crippen MR) is 83.9 cm³/mol. The Labute approximate surface area is 125 Å². The van der Waals surface area contributed by atoms with Crippen LogP contribution in [0.3, 0.4) is 0 Å². The number of thioether (sulfide) groups is 1. The molecule has 1 saturated carbocycles. The second-order valence-electron chi connectivity index (χ2n) is 5.52. The Balaban J connectivity index is 1.74. The Bertz CT molecular complexity index is 425. The van der Waals surface area contributed by atoms with Crippen LogP contribution in [0.1, 0.15) is 36.8 Å². The molecule has 20 heavy (non-hydrogen) atoms. The molecule has 0 atom stereocenters. The molecule has 1 aromatic rings. The van der Waals surface area contributed by atoms with Crippen molar-refractivity contribution in [1.29, 1.82) is 0 Å². The molecule has 0 amide bonds. The van der Waals surface area contributed by atoms with E-state index in [1.807, 2.05) is 11.8 Å². The molecule has 110 valence electrons. The van der Waals surface area contributed by atoms with Gasteiger partial charge in [0.05, 0.1) is 5.92 Å². The van der Waals surface area contributed by atoms with E-state index in [1.165, 1.54) is 11.1 Å². The number of benzene rings is 1. The molecule has 2 N–H and O–H groups in total. The number of nitrogens with one attached hydrogen (secondary N) is 1. The summed E-state index contributed by atoms with van der Waals surface area (Å²) in [5.74, 6) is 0.305. The van der Waals surface area contributed by atoms with E-state index in [1.54, 1.807) is 0 Å². The van der Waals surface area contributed by atoms with E-state index in [9.17, 15) is 4.79 Å². The third-order valence-corrected chi connectivity index (χ3v) is 4.63. The summed E-state index contributed by atoms with van der Waals surface area (Å²) < 4.78 is 0. The number of carbonyl (C=O) groups is 1. The molecule has 0 heterocycles. The van der Waals surface area contributed by atoms with Crippen LogP contribution in [0.5, 0.6) is 0 Å². The molecular formula is C16H23NO2S. The van der Waals surface area contributed by atoms with Crippen LogP contribution in [-0.2, 0) is 17.1 Å². The smallest absolute Gasteiger partial charge is 0.306 e. The van der Waals surface area contributed by atoms with Crippen molar-refractivity contribution in [3.63, 3.8) is 0 Å². The van der Waals surface area contributed by atoms with Gasteiger partial charge in [-0.15, -0.1) is 0 Å². The molecule has 0 aromatic heterocycles. The lowest BCUT2D eigenvalue weighted by atomic mass is 9.86. The first-order valence-corrected chi connectivity index (χ1v) is 8.61. The Morgan fingerprint density at radius 2 is 1.80 bits per heavy atom. The lowest BCUT2D eigenvalue weighted by Crippen LogP contribution is -2.34. The molecule has 0 saturated heterocycles. The summed E-state index contributed by atoms with van der Waals surface area (Å²) in [6, 6.07) is 9.21. The SMILES string of the molecule is CSCc1ccc(CNC2CCC(C(=O)O)CC2)cc1. The molecule has 1 aromatic carbocycles. The highest BCUT2D eigenvalue weighted by molar-refractivity contribution is 7.97. The van der Waals surface area contributed by atoms with Crippen molar-refractivity contribution >= 4 is 17.7 Å². The van der Waals surface area contributed by atoms with E-state index < -0.39 is 5.97 Å². The normalized spacial score (nSPS) is 22.6. The maximum absolute atomic E-state index is 10.9. The van der Waals surface area contributed by atoms with E-state index in [0.29, 0.717) is 6.04 Å². The van der Waals surface area contributed by atoms with Gasteiger partial charge < -0.3 is 10.4 Å². The monoisotopic (exact) mass is 293 g/mol. The Morgan fingerprint density at radius 1 is 1.20 bits per heavy atom. The minimum absolute atomic E-state index is 0.126. The molecule has 0 aliphatic heterocycles. The zero-order chi connectivity index (χ0) is 14.4. The molecule has 1 aliphatic rings. The highest BCUT2D eigenvalue weighted by Gasteiger charge is 2.25. The molecule has 0 bridgehead atoms. The van der Waals surface area contributed by atoms with Crippen molar-refractivity contribution in [2.45, 2.75) is 44.0 Å². The van der Waals surface area contributed by atoms with Crippen LogP contribution in [0.15, 0.2) is 24.3 Å². The molecule has 2 rings (SSSR count). The van der Waals surface area contributed by atoms with Crippen molar-refractivity contribution < 1.29 is 9.90 Å². The van der Waals surface area contributed by atoms with Gasteiger partial charge in [-0.3, -0.25) is 4.79 Å². The quantitative estimate of drug-likeness (QED) is 0.845. The molecule has 0 unspecified atom stereocenters. The highest BCUT2D eigenvalue weighted by Crippen LogP contribution is 2.24. The van der Waals surface area contributed by atoms with Crippen molar-refractivity contribution in [3.05, 3.63) is 35.4 Å². The first-order valence-electron chi connectivity index (χ1n) is 7.22. The fourth-order valence-electron chi connectivity index (χ4n) is 2.73. The van der Waals surface area contributed by atoms with Gasteiger partial charge in [0.15, 0.2) is 0 Å². The zero-order valence-electron chi connectivity index (χ0n) is 12.0. The number of carboxylic acid groups (broad SMARTS) is 1. The zero-order valence-corrected chi connectivity index (χ0v) is 12.8. The van der Waals surface area contributed by atoms with Gasteiger partial charge in [0.2, 0.25) is 0 Å². The molecule has 4 heteroatoms. The summed E-state index contributed by atoms with van der Waals surface area (Å²) in [6.45, 7) is 0.877. The fourth-order valence-corrected chi connectivity index (χ4v) is 3.25. The van der Waals surface area contributed by atoms with E-state index in [2.05, 4.69) is 35.8 Å². The summed E-state index contributed by atoms with van der Waals surface area (Å²) in [7, 11) is 0. The van der Waals surface area contributed by atoms with E-state index in [0.717, 1.165) is 38.0 Å². The van der Waals surface area contributed by atoms with Gasteiger partial charge in [0.25, 0.3) is 0 Å². The number of hydrogen-bond donors (Lipinski definition) is 2. The van der Waals surface area contributed by atoms with Crippen molar-refractivity contribution in [1.82, 2.24) is 5.32 Å². The van der Waals surface area contributed by atoms with Gasteiger partial charge in [-0.1, -0.05) is 24.3 Å². The van der Waals surface area contributed by atoms with Gasteiger partial charge in [-0.2, -0.15) is 11.8 Å². The molecule has 0 radical (unpaired) electrons. The second kappa shape index (κ2) is 7.70. The Kier molecular flexibility index (Phi) is 5.92. The average molecular weight is 293 g/mol. The number of rotatable bonds is 6. The van der Waals surface area contributed by atoms with Gasteiger partial charge in [-0.25, -0.2) is 0 Å². The van der Waals surface area contributed by atoms with Crippen LogP contribution < -0.4 is 5.32 Å². The average Bonchev–Trinajstić information content (AvgIpc) is 2.47. The Morgan fingerprint density at radius 3 is 2.35 bits per heavy atom. The van der Waals surface area contributed by atoms with Crippen LogP contribution in [0.2, 0.25) is 0 Å². The Hall–Kier alpha value is -1.00. The summed E-state index contributed by atoms with van der Waals surface area (Å²) in [5.41, 5.74) is 2.67. The van der Waals surface area contributed by atoms with Gasteiger partial charge in [0, 0.05) is 18.3 Å². The third kappa shape index (κ3) is 4.53. The number of aliphatic carboxylic acids is 1. The van der Waals surface area contributed by atoms with Crippen molar-refractivity contribution in [2.24, 2.45) is 5.92 Å². The first kappa shape index (κ1) is 15.4. The summed E-state index contributed by atoms with van der Waals surface area (Å²) in [6.07, 6.45) is 5.67. The molecule has 3 nitrogen and oxygen atoms in total. The standard InChI is InChI=1S/C16H23NO2S/c1-20-11-13-4-2-12(3-5-13)10-17-15-8-6-14(7-9-15)16(18)19/h2-5,14-15,17H,6-11H2,1H3,(H,18,19). The molecule has 1 aliphatic carbocycles. The summed E-state index contributed by atoms with van der Waals surface area (Å²) in [4.78, 5) is 10.9. The molecular weight excluding hydrogens is 270 g/mol. The van der Waals surface area contributed by atoms with Crippen LogP contribution in [-0.4, -0.2) is 23.4 Å². The lowest BCUT2D eigenvalue weighted by Gasteiger charge is -2.27. The highest BCUT2D eigenvalue weighted by atomic mass is 32.2. The first-order chi connectivity index (χ1) is 9.69. The van der Waals surface area contributed by atoms with Crippen LogP contribution in [0, 0.1) is 5.92 Å². The molecule has 1 fully saturated rings. The van der Waals surface area contributed by atoms with Crippen LogP contribution >= 0.6 is 11.8 Å². The topological polar surface area (TPSA) is 49.3 Å². The summed E-state index contributed by atoms with van der Waals surface area (Å²) >= 11 is 1.84. The maximum Gasteiger partial charge on any atom is 0.306 e. The minimum atomic E-state index is -0.632. The van der Waals surface area contributed by atoms with Crippen LogP contribution in [0.25, 0.3) is 0 Å². The minimum Gasteiger partial charge on any atom is -0.481 e. The summed E-state index contributed by atoms with van der Waals surface area (Å²) in [5, 5.41) is 12.5. The lowest BCUT2D eigenvalue weighted by molar-refractivity contribution is -0.142. The van der Waals surface area contributed by atoms with Gasteiger partial charge in [0.1, 0.15) is 0 Å². The second-order valence-corrected chi connectivity index (χ2v) is 6.38. The van der Waals surface area contributed by atoms with Gasteiger partial charge in [-0.05, 0) is 43.1 Å². The van der Waals surface area contributed by atoms with E-state index in [-0.39, 0.29) is 5.92 Å².